The van der Waals surface area contributed by atoms with E-state index < -0.39 is 10.0 Å². The normalized spacial score (nSPS) is 21.4. The van der Waals surface area contributed by atoms with Crippen LogP contribution in [0.4, 0.5) is 5.82 Å². The van der Waals surface area contributed by atoms with Crippen molar-refractivity contribution >= 4 is 15.8 Å². The molecule has 1 atom stereocenters. The minimum absolute atomic E-state index is 0.0980. The second-order valence-electron chi connectivity index (χ2n) is 4.80. The maximum absolute atomic E-state index is 12.5. The molecule has 3 N–H and O–H groups in total. The predicted octanol–water partition coefficient (Wildman–Crippen LogP) is 0.447. The van der Waals surface area contributed by atoms with Crippen LogP contribution in [0.3, 0.4) is 0 Å². The summed E-state index contributed by atoms with van der Waals surface area (Å²) in [5, 5.41) is 8.97. The monoisotopic (exact) mass is 285 g/mol. The molecule has 106 valence electrons. The number of aliphatic hydroxyl groups is 1. The van der Waals surface area contributed by atoms with Crippen molar-refractivity contribution in [2.24, 2.45) is 5.92 Å². The molecule has 0 bridgehead atoms. The molecule has 1 aromatic rings. The summed E-state index contributed by atoms with van der Waals surface area (Å²) in [7, 11) is -3.50. The van der Waals surface area contributed by atoms with Crippen molar-refractivity contribution in [3.63, 3.8) is 0 Å². The first-order valence-corrected chi connectivity index (χ1v) is 7.80. The van der Waals surface area contributed by atoms with Gasteiger partial charge in [-0.2, -0.15) is 4.31 Å². The molecule has 1 saturated heterocycles. The lowest BCUT2D eigenvalue weighted by molar-refractivity contribution is 0.203. The molecule has 0 saturated carbocycles. The van der Waals surface area contributed by atoms with Crippen LogP contribution in [0.15, 0.2) is 23.2 Å². The zero-order valence-corrected chi connectivity index (χ0v) is 11.5. The number of anilines is 1. The Morgan fingerprint density at radius 1 is 1.53 bits per heavy atom. The third kappa shape index (κ3) is 3.23. The molecule has 2 rings (SSSR count). The molecular weight excluding hydrogens is 266 g/mol. The molecule has 1 aliphatic heterocycles. The lowest BCUT2D eigenvalue weighted by Gasteiger charge is -2.31. The highest BCUT2D eigenvalue weighted by atomic mass is 32.2. The molecule has 1 aliphatic rings. The van der Waals surface area contributed by atoms with Gasteiger partial charge in [0, 0.05) is 32.0 Å². The van der Waals surface area contributed by atoms with Gasteiger partial charge in [-0.05, 0) is 31.2 Å². The third-order valence-corrected chi connectivity index (χ3v) is 5.27. The van der Waals surface area contributed by atoms with E-state index in [4.69, 9.17) is 10.8 Å². The maximum Gasteiger partial charge on any atom is 0.243 e. The first-order valence-electron chi connectivity index (χ1n) is 6.36. The number of nitrogens with two attached hydrogens (primary N) is 1. The number of sulfonamides is 1. The van der Waals surface area contributed by atoms with Crippen LogP contribution in [0.2, 0.25) is 0 Å². The van der Waals surface area contributed by atoms with Gasteiger partial charge in [0.1, 0.15) is 5.82 Å². The largest absolute Gasteiger partial charge is 0.396 e. The van der Waals surface area contributed by atoms with Crippen molar-refractivity contribution in [3.8, 4) is 0 Å². The maximum atomic E-state index is 12.5. The molecule has 2 heterocycles. The first kappa shape index (κ1) is 14.2. The number of nitrogen functional groups attached to an aromatic ring is 1. The standard InChI is InChI=1S/C12H19N3O3S/c13-12-8-11(3-5-14-12)19(17,18)15-6-1-2-10(9-15)4-7-16/h3,5,8,10,16H,1-2,4,6-7,9H2,(H2,13,14). The van der Waals surface area contributed by atoms with Gasteiger partial charge in [-0.25, -0.2) is 13.4 Å². The van der Waals surface area contributed by atoms with Gasteiger partial charge in [0.2, 0.25) is 10.0 Å². The van der Waals surface area contributed by atoms with Crippen molar-refractivity contribution < 1.29 is 13.5 Å². The van der Waals surface area contributed by atoms with Crippen LogP contribution in [0.5, 0.6) is 0 Å². The Labute approximate surface area is 113 Å². The van der Waals surface area contributed by atoms with Crippen molar-refractivity contribution in [1.29, 1.82) is 0 Å². The van der Waals surface area contributed by atoms with E-state index in [9.17, 15) is 8.42 Å². The van der Waals surface area contributed by atoms with E-state index in [0.29, 0.717) is 19.5 Å². The quantitative estimate of drug-likeness (QED) is 0.837. The number of hydrogen-bond acceptors (Lipinski definition) is 5. The van der Waals surface area contributed by atoms with Crippen LogP contribution >= 0.6 is 0 Å². The summed E-state index contributed by atoms with van der Waals surface area (Å²) in [6, 6.07) is 2.84. The van der Waals surface area contributed by atoms with Gasteiger partial charge in [0.15, 0.2) is 0 Å². The van der Waals surface area contributed by atoms with Crippen molar-refractivity contribution in [1.82, 2.24) is 9.29 Å². The number of rotatable bonds is 4. The number of nitrogens with zero attached hydrogens (tertiary/aromatic N) is 2. The lowest BCUT2D eigenvalue weighted by Crippen LogP contribution is -2.40. The summed E-state index contributed by atoms with van der Waals surface area (Å²) < 4.78 is 26.4. The van der Waals surface area contributed by atoms with Crippen LogP contribution in [-0.4, -0.2) is 42.5 Å². The van der Waals surface area contributed by atoms with Crippen LogP contribution in [0, 0.1) is 5.92 Å². The van der Waals surface area contributed by atoms with Gasteiger partial charge in [-0.1, -0.05) is 0 Å². The summed E-state index contributed by atoms with van der Waals surface area (Å²) in [5.41, 5.74) is 5.53. The topological polar surface area (TPSA) is 96.5 Å². The minimum Gasteiger partial charge on any atom is -0.396 e. The number of aromatic nitrogens is 1. The molecular formula is C12H19N3O3S. The van der Waals surface area contributed by atoms with Crippen LogP contribution in [-0.2, 0) is 10.0 Å². The third-order valence-electron chi connectivity index (χ3n) is 3.41. The molecule has 0 aromatic carbocycles. The average Bonchev–Trinajstić information content (AvgIpc) is 2.39. The van der Waals surface area contributed by atoms with Crippen LogP contribution in [0.1, 0.15) is 19.3 Å². The van der Waals surface area contributed by atoms with Crippen molar-refractivity contribution in [3.05, 3.63) is 18.3 Å². The summed E-state index contributed by atoms with van der Waals surface area (Å²) in [4.78, 5) is 3.99. The van der Waals surface area contributed by atoms with Crippen LogP contribution < -0.4 is 5.73 Å². The lowest BCUT2D eigenvalue weighted by atomic mass is 9.97. The second-order valence-corrected chi connectivity index (χ2v) is 6.74. The van der Waals surface area contributed by atoms with Gasteiger partial charge in [0.05, 0.1) is 4.90 Å². The van der Waals surface area contributed by atoms with E-state index in [2.05, 4.69) is 4.98 Å². The fourth-order valence-corrected chi connectivity index (χ4v) is 3.98. The number of aliphatic hydroxyl groups excluding tert-OH is 1. The molecule has 7 heteroatoms. The van der Waals surface area contributed by atoms with E-state index in [1.54, 1.807) is 0 Å². The zero-order chi connectivity index (χ0) is 13.9. The highest BCUT2D eigenvalue weighted by Crippen LogP contribution is 2.25. The highest BCUT2D eigenvalue weighted by molar-refractivity contribution is 7.89. The fourth-order valence-electron chi connectivity index (χ4n) is 2.40. The van der Waals surface area contributed by atoms with Gasteiger partial charge in [0.25, 0.3) is 0 Å². The van der Waals surface area contributed by atoms with E-state index in [-0.39, 0.29) is 23.2 Å². The molecule has 0 spiro atoms. The summed E-state index contributed by atoms with van der Waals surface area (Å²) in [5.74, 6) is 0.428. The number of piperidine rings is 1. The summed E-state index contributed by atoms with van der Waals surface area (Å²) in [6.07, 6.45) is 3.83. The Balaban J connectivity index is 2.19. The van der Waals surface area contributed by atoms with Gasteiger partial charge in [-0.3, -0.25) is 0 Å². The van der Waals surface area contributed by atoms with Crippen LogP contribution in [0.25, 0.3) is 0 Å². The van der Waals surface area contributed by atoms with Crippen molar-refractivity contribution in [2.75, 3.05) is 25.4 Å². The van der Waals surface area contributed by atoms with E-state index in [1.807, 2.05) is 0 Å². The molecule has 1 fully saturated rings. The first-order chi connectivity index (χ1) is 9.04. The van der Waals surface area contributed by atoms with Gasteiger partial charge in [-0.15, -0.1) is 0 Å². The predicted molar refractivity (Wildman–Crippen MR) is 71.8 cm³/mol. The Bertz CT molecular complexity index is 531. The zero-order valence-electron chi connectivity index (χ0n) is 10.7. The Morgan fingerprint density at radius 2 is 2.32 bits per heavy atom. The molecule has 0 radical (unpaired) electrons. The smallest absolute Gasteiger partial charge is 0.243 e. The van der Waals surface area contributed by atoms with E-state index in [1.165, 1.54) is 22.6 Å². The summed E-state index contributed by atoms with van der Waals surface area (Å²) >= 11 is 0. The van der Waals surface area contributed by atoms with E-state index in [0.717, 1.165) is 12.8 Å². The van der Waals surface area contributed by atoms with E-state index >= 15 is 0 Å². The Hall–Kier alpha value is -1.18. The number of hydrogen-bond donors (Lipinski definition) is 2. The summed E-state index contributed by atoms with van der Waals surface area (Å²) in [6.45, 7) is 1.08. The highest BCUT2D eigenvalue weighted by Gasteiger charge is 2.30. The average molecular weight is 285 g/mol. The molecule has 19 heavy (non-hydrogen) atoms. The molecule has 0 aliphatic carbocycles. The fraction of sp³-hybridized carbons (Fsp3) is 0.583. The van der Waals surface area contributed by atoms with Gasteiger partial charge < -0.3 is 10.8 Å². The molecule has 0 amide bonds. The molecule has 6 nitrogen and oxygen atoms in total. The molecule has 1 aromatic heterocycles. The second kappa shape index (κ2) is 5.85. The molecule has 1 unspecified atom stereocenters. The Kier molecular flexibility index (Phi) is 4.38. The van der Waals surface area contributed by atoms with Gasteiger partial charge >= 0.3 is 0 Å². The minimum atomic E-state index is -3.50. The Morgan fingerprint density at radius 3 is 3.00 bits per heavy atom. The SMILES string of the molecule is Nc1cc(S(=O)(=O)N2CCCC(CCO)C2)ccn1. The number of pyridine rings is 1. The van der Waals surface area contributed by atoms with Crippen molar-refractivity contribution in [2.45, 2.75) is 24.2 Å².